The first-order valence-electron chi connectivity index (χ1n) is 6.31. The summed E-state index contributed by atoms with van der Waals surface area (Å²) in [5, 5.41) is 30.0. The maximum atomic E-state index is 9.55. The van der Waals surface area contributed by atoms with E-state index in [0.29, 0.717) is 19.1 Å². The summed E-state index contributed by atoms with van der Waals surface area (Å²) in [5.74, 6) is 0.681. The van der Waals surface area contributed by atoms with Crippen LogP contribution in [0, 0.1) is 5.92 Å². The van der Waals surface area contributed by atoms with Gasteiger partial charge in [-0.25, -0.2) is 0 Å². The van der Waals surface area contributed by atoms with Gasteiger partial charge in [-0.3, -0.25) is 0 Å². The fraction of sp³-hybridized carbons (Fsp3) is 1.00. The summed E-state index contributed by atoms with van der Waals surface area (Å²) in [6.07, 6.45) is 1.54. The highest BCUT2D eigenvalue weighted by atomic mass is 16.5. The SMILES string of the molecule is CC(C)CCCOCC(O)CNC(CO)CO. The Morgan fingerprint density at radius 2 is 1.82 bits per heavy atom. The average Bonchev–Trinajstić information content (AvgIpc) is 2.29. The van der Waals surface area contributed by atoms with Gasteiger partial charge in [-0.15, -0.1) is 0 Å². The molecule has 0 heterocycles. The summed E-state index contributed by atoms with van der Waals surface area (Å²) in [6.45, 7) is 5.33. The van der Waals surface area contributed by atoms with Crippen LogP contribution in [0.3, 0.4) is 0 Å². The molecular formula is C12H27NO4. The van der Waals surface area contributed by atoms with Gasteiger partial charge in [0.25, 0.3) is 0 Å². The molecule has 0 radical (unpaired) electrons. The molecule has 0 saturated carbocycles. The summed E-state index contributed by atoms with van der Waals surface area (Å²) < 4.78 is 5.33. The van der Waals surface area contributed by atoms with E-state index < -0.39 is 6.10 Å². The molecule has 104 valence electrons. The Hall–Kier alpha value is -0.200. The molecule has 1 atom stereocenters. The summed E-state index contributed by atoms with van der Waals surface area (Å²) >= 11 is 0. The van der Waals surface area contributed by atoms with Crippen LogP contribution in [0.25, 0.3) is 0 Å². The van der Waals surface area contributed by atoms with Gasteiger partial charge in [-0.05, 0) is 18.8 Å². The quantitative estimate of drug-likeness (QED) is 0.379. The molecule has 0 aromatic carbocycles. The maximum absolute atomic E-state index is 9.55. The molecule has 4 N–H and O–H groups in total. The second kappa shape index (κ2) is 10.9. The minimum absolute atomic E-state index is 0.140. The molecule has 0 amide bonds. The van der Waals surface area contributed by atoms with Gasteiger partial charge >= 0.3 is 0 Å². The molecule has 0 bridgehead atoms. The monoisotopic (exact) mass is 249 g/mol. The fourth-order valence-electron chi connectivity index (χ4n) is 1.36. The average molecular weight is 249 g/mol. The van der Waals surface area contributed by atoms with Crippen molar-refractivity contribution in [3.05, 3.63) is 0 Å². The molecule has 0 aromatic rings. The Balaban J connectivity index is 3.37. The van der Waals surface area contributed by atoms with Crippen LogP contribution in [0.4, 0.5) is 0 Å². The maximum Gasteiger partial charge on any atom is 0.0897 e. The molecule has 0 saturated heterocycles. The van der Waals surface area contributed by atoms with E-state index in [4.69, 9.17) is 14.9 Å². The van der Waals surface area contributed by atoms with Crippen molar-refractivity contribution in [3.8, 4) is 0 Å². The second-order valence-electron chi connectivity index (χ2n) is 4.74. The number of rotatable bonds is 11. The number of aliphatic hydroxyl groups excluding tert-OH is 3. The number of ether oxygens (including phenoxy) is 1. The number of hydrogen-bond donors (Lipinski definition) is 4. The first-order valence-corrected chi connectivity index (χ1v) is 6.31. The highest BCUT2D eigenvalue weighted by Gasteiger charge is 2.09. The van der Waals surface area contributed by atoms with Crippen LogP contribution in [-0.4, -0.2) is 60.4 Å². The minimum Gasteiger partial charge on any atom is -0.395 e. The van der Waals surface area contributed by atoms with Gasteiger partial charge < -0.3 is 25.4 Å². The molecular weight excluding hydrogens is 222 g/mol. The van der Waals surface area contributed by atoms with E-state index in [1.54, 1.807) is 0 Å². The lowest BCUT2D eigenvalue weighted by Crippen LogP contribution is -2.41. The summed E-state index contributed by atoms with van der Waals surface area (Å²) in [6, 6.07) is -0.370. The number of aliphatic hydroxyl groups is 3. The van der Waals surface area contributed by atoms with Crippen LogP contribution in [0.5, 0.6) is 0 Å². The molecule has 0 rings (SSSR count). The number of hydrogen-bond acceptors (Lipinski definition) is 5. The summed E-state index contributed by atoms with van der Waals surface area (Å²) in [5.41, 5.74) is 0. The summed E-state index contributed by atoms with van der Waals surface area (Å²) in [4.78, 5) is 0. The largest absolute Gasteiger partial charge is 0.395 e. The van der Waals surface area contributed by atoms with Gasteiger partial charge in [0.2, 0.25) is 0 Å². The van der Waals surface area contributed by atoms with E-state index >= 15 is 0 Å². The zero-order valence-electron chi connectivity index (χ0n) is 10.9. The summed E-state index contributed by atoms with van der Waals surface area (Å²) in [7, 11) is 0. The van der Waals surface area contributed by atoms with Crippen LogP contribution < -0.4 is 5.32 Å². The van der Waals surface area contributed by atoms with Crippen molar-refractivity contribution in [2.24, 2.45) is 5.92 Å². The first kappa shape index (κ1) is 16.8. The third-order valence-corrected chi connectivity index (χ3v) is 2.46. The molecule has 0 aliphatic rings. The van der Waals surface area contributed by atoms with Crippen LogP contribution in [-0.2, 0) is 4.74 Å². The topological polar surface area (TPSA) is 82.0 Å². The van der Waals surface area contributed by atoms with Gasteiger partial charge in [0, 0.05) is 13.2 Å². The van der Waals surface area contributed by atoms with Crippen LogP contribution >= 0.6 is 0 Å². The van der Waals surface area contributed by atoms with E-state index in [2.05, 4.69) is 19.2 Å². The van der Waals surface area contributed by atoms with Crippen LogP contribution in [0.1, 0.15) is 26.7 Å². The number of nitrogens with one attached hydrogen (secondary N) is 1. The van der Waals surface area contributed by atoms with E-state index in [0.717, 1.165) is 12.8 Å². The molecule has 17 heavy (non-hydrogen) atoms. The lowest BCUT2D eigenvalue weighted by Gasteiger charge is -2.17. The molecule has 5 nitrogen and oxygen atoms in total. The molecule has 0 spiro atoms. The van der Waals surface area contributed by atoms with Crippen molar-refractivity contribution < 1.29 is 20.1 Å². The Morgan fingerprint density at radius 1 is 1.18 bits per heavy atom. The van der Waals surface area contributed by atoms with Crippen LogP contribution in [0.15, 0.2) is 0 Å². The standard InChI is InChI=1S/C12H27NO4/c1-10(2)4-3-5-17-9-12(16)6-13-11(7-14)8-15/h10-16H,3-9H2,1-2H3. The van der Waals surface area contributed by atoms with Crippen molar-refractivity contribution in [1.29, 1.82) is 0 Å². The lowest BCUT2D eigenvalue weighted by molar-refractivity contribution is 0.0307. The van der Waals surface area contributed by atoms with Crippen molar-refractivity contribution in [2.75, 3.05) is 33.0 Å². The third-order valence-electron chi connectivity index (χ3n) is 2.46. The van der Waals surface area contributed by atoms with Gasteiger partial charge in [0.05, 0.1) is 32.0 Å². The highest BCUT2D eigenvalue weighted by molar-refractivity contribution is 4.67. The molecule has 0 fully saturated rings. The third kappa shape index (κ3) is 10.7. The normalized spacial score (nSPS) is 13.6. The minimum atomic E-state index is -0.602. The van der Waals surface area contributed by atoms with E-state index in [1.807, 2.05) is 0 Å². The Morgan fingerprint density at radius 3 is 2.35 bits per heavy atom. The van der Waals surface area contributed by atoms with Gasteiger partial charge in [-0.1, -0.05) is 13.8 Å². The lowest BCUT2D eigenvalue weighted by atomic mass is 10.1. The highest BCUT2D eigenvalue weighted by Crippen LogP contribution is 2.03. The Labute approximate surface area is 104 Å². The van der Waals surface area contributed by atoms with E-state index in [9.17, 15) is 5.11 Å². The molecule has 0 aliphatic carbocycles. The smallest absolute Gasteiger partial charge is 0.0897 e. The van der Waals surface area contributed by atoms with Gasteiger partial charge in [0.1, 0.15) is 0 Å². The zero-order chi connectivity index (χ0) is 13.1. The van der Waals surface area contributed by atoms with Crippen molar-refractivity contribution in [3.63, 3.8) is 0 Å². The molecule has 5 heteroatoms. The first-order chi connectivity index (χ1) is 8.10. The van der Waals surface area contributed by atoms with Gasteiger partial charge in [0.15, 0.2) is 0 Å². The fourth-order valence-corrected chi connectivity index (χ4v) is 1.36. The van der Waals surface area contributed by atoms with Crippen molar-refractivity contribution >= 4 is 0 Å². The molecule has 1 unspecified atom stereocenters. The van der Waals surface area contributed by atoms with E-state index in [-0.39, 0.29) is 25.9 Å². The second-order valence-corrected chi connectivity index (χ2v) is 4.74. The van der Waals surface area contributed by atoms with Gasteiger partial charge in [-0.2, -0.15) is 0 Å². The Bertz CT molecular complexity index is 163. The Kier molecular flexibility index (Phi) is 10.8. The predicted octanol–water partition coefficient (Wildman–Crippen LogP) is -0.257. The van der Waals surface area contributed by atoms with Crippen molar-refractivity contribution in [1.82, 2.24) is 5.32 Å². The van der Waals surface area contributed by atoms with E-state index in [1.165, 1.54) is 0 Å². The molecule has 0 aliphatic heterocycles. The predicted molar refractivity (Wildman–Crippen MR) is 66.9 cm³/mol. The van der Waals surface area contributed by atoms with Crippen molar-refractivity contribution in [2.45, 2.75) is 38.8 Å². The zero-order valence-corrected chi connectivity index (χ0v) is 10.9. The van der Waals surface area contributed by atoms with Crippen LogP contribution in [0.2, 0.25) is 0 Å². The molecule has 0 aromatic heterocycles.